The second-order valence-corrected chi connectivity index (χ2v) is 6.69. The van der Waals surface area contributed by atoms with Gasteiger partial charge in [-0.25, -0.2) is 4.98 Å². The minimum absolute atomic E-state index is 0.128. The number of pyridine rings is 1. The molecule has 4 aromatic rings. The molecule has 0 fully saturated rings. The van der Waals surface area contributed by atoms with Gasteiger partial charge in [0.15, 0.2) is 5.76 Å². The van der Waals surface area contributed by atoms with Crippen LogP contribution in [0.25, 0.3) is 22.2 Å². The van der Waals surface area contributed by atoms with Crippen LogP contribution >= 0.6 is 0 Å². The Labute approximate surface area is 159 Å². The van der Waals surface area contributed by atoms with Gasteiger partial charge in [-0.1, -0.05) is 18.2 Å². The SMILES string of the molecule is O=C(NC1CCn2c1nc(-c1ccncc1)cc2=O)c1cc2ccccc2o1. The first-order valence-electron chi connectivity index (χ1n) is 9.01. The van der Waals surface area contributed by atoms with Crippen molar-refractivity contribution in [2.45, 2.75) is 19.0 Å². The fourth-order valence-electron chi connectivity index (χ4n) is 3.53. The number of hydrogen-bond acceptors (Lipinski definition) is 5. The molecule has 3 aromatic heterocycles. The minimum atomic E-state index is -0.352. The average molecular weight is 372 g/mol. The van der Waals surface area contributed by atoms with E-state index < -0.39 is 0 Å². The molecule has 28 heavy (non-hydrogen) atoms. The molecular formula is C21H16N4O3. The van der Waals surface area contributed by atoms with Gasteiger partial charge >= 0.3 is 0 Å². The first kappa shape index (κ1) is 16.4. The van der Waals surface area contributed by atoms with E-state index in [1.807, 2.05) is 24.3 Å². The fourth-order valence-corrected chi connectivity index (χ4v) is 3.53. The number of nitrogens with zero attached hydrogens (tertiary/aromatic N) is 3. The summed E-state index contributed by atoms with van der Waals surface area (Å²) in [4.78, 5) is 33.8. The van der Waals surface area contributed by atoms with Gasteiger partial charge in [0.1, 0.15) is 11.4 Å². The van der Waals surface area contributed by atoms with Crippen LogP contribution in [-0.2, 0) is 6.54 Å². The molecule has 1 aromatic carbocycles. The number of rotatable bonds is 3. The third kappa shape index (κ3) is 2.77. The van der Waals surface area contributed by atoms with E-state index in [0.717, 1.165) is 10.9 Å². The molecule has 138 valence electrons. The molecule has 4 heterocycles. The topological polar surface area (TPSA) is 90.0 Å². The standard InChI is InChI=1S/C21H16N4O3/c26-19-12-16(13-5-8-22-9-6-13)23-20-15(7-10-25(19)20)24-21(27)18-11-14-3-1-2-4-17(14)28-18/h1-6,8-9,11-12,15H,7,10H2,(H,24,27). The van der Waals surface area contributed by atoms with E-state index >= 15 is 0 Å². The van der Waals surface area contributed by atoms with Crippen molar-refractivity contribution in [2.75, 3.05) is 0 Å². The molecule has 0 spiro atoms. The van der Waals surface area contributed by atoms with Crippen molar-refractivity contribution in [1.29, 1.82) is 0 Å². The number of amides is 1. The number of para-hydroxylation sites is 1. The first-order chi connectivity index (χ1) is 13.7. The van der Waals surface area contributed by atoms with Gasteiger partial charge in [0.25, 0.3) is 11.5 Å². The van der Waals surface area contributed by atoms with Crippen molar-refractivity contribution in [3.8, 4) is 11.3 Å². The van der Waals surface area contributed by atoms with Crippen LogP contribution in [0.2, 0.25) is 0 Å². The summed E-state index contributed by atoms with van der Waals surface area (Å²) in [5.74, 6) is 0.481. The summed E-state index contributed by atoms with van der Waals surface area (Å²) < 4.78 is 7.24. The summed E-state index contributed by atoms with van der Waals surface area (Å²) in [6.45, 7) is 0.517. The number of carbonyl (C=O) groups excluding carboxylic acids is 1. The highest BCUT2D eigenvalue weighted by molar-refractivity contribution is 5.96. The Morgan fingerprint density at radius 1 is 1.14 bits per heavy atom. The number of carbonyl (C=O) groups is 1. The quantitative estimate of drug-likeness (QED) is 0.597. The highest BCUT2D eigenvalue weighted by Crippen LogP contribution is 2.26. The van der Waals surface area contributed by atoms with Crippen molar-refractivity contribution in [3.05, 3.63) is 82.9 Å². The summed E-state index contributed by atoms with van der Waals surface area (Å²) in [5.41, 5.74) is 1.92. The van der Waals surface area contributed by atoms with E-state index in [9.17, 15) is 9.59 Å². The Morgan fingerprint density at radius 2 is 1.96 bits per heavy atom. The third-order valence-electron chi connectivity index (χ3n) is 4.92. The molecule has 0 radical (unpaired) electrons. The lowest BCUT2D eigenvalue weighted by atomic mass is 10.2. The Bertz CT molecular complexity index is 1210. The van der Waals surface area contributed by atoms with Crippen LogP contribution in [0.4, 0.5) is 0 Å². The van der Waals surface area contributed by atoms with Crippen molar-refractivity contribution < 1.29 is 9.21 Å². The minimum Gasteiger partial charge on any atom is -0.451 e. The Balaban J connectivity index is 1.46. The number of nitrogens with one attached hydrogen (secondary N) is 1. The van der Waals surface area contributed by atoms with Gasteiger partial charge in [-0.05, 0) is 30.7 Å². The van der Waals surface area contributed by atoms with E-state index in [0.29, 0.717) is 30.1 Å². The molecule has 1 N–H and O–H groups in total. The summed E-state index contributed by atoms with van der Waals surface area (Å²) >= 11 is 0. The zero-order valence-corrected chi connectivity index (χ0v) is 14.8. The van der Waals surface area contributed by atoms with Crippen molar-refractivity contribution in [3.63, 3.8) is 0 Å². The van der Waals surface area contributed by atoms with Gasteiger partial charge in [0.2, 0.25) is 0 Å². The maximum atomic E-state index is 12.7. The molecule has 0 saturated heterocycles. The number of furan rings is 1. The monoisotopic (exact) mass is 372 g/mol. The van der Waals surface area contributed by atoms with Crippen LogP contribution in [0.5, 0.6) is 0 Å². The van der Waals surface area contributed by atoms with Gasteiger partial charge in [0.05, 0.1) is 11.7 Å². The molecule has 1 unspecified atom stereocenters. The summed E-state index contributed by atoms with van der Waals surface area (Å²) in [6.07, 6.45) is 3.92. The maximum Gasteiger partial charge on any atom is 0.287 e. The highest BCUT2D eigenvalue weighted by Gasteiger charge is 2.28. The van der Waals surface area contributed by atoms with E-state index in [2.05, 4.69) is 15.3 Å². The lowest BCUT2D eigenvalue weighted by Gasteiger charge is -2.12. The molecule has 1 amide bonds. The Hall–Kier alpha value is -3.74. The van der Waals surface area contributed by atoms with Crippen LogP contribution in [0.1, 0.15) is 28.8 Å². The van der Waals surface area contributed by atoms with Crippen molar-refractivity contribution >= 4 is 16.9 Å². The number of hydrogen-bond donors (Lipinski definition) is 1. The van der Waals surface area contributed by atoms with Gasteiger partial charge in [-0.3, -0.25) is 19.1 Å². The number of benzene rings is 1. The van der Waals surface area contributed by atoms with Gasteiger partial charge in [-0.15, -0.1) is 0 Å². The van der Waals surface area contributed by atoms with Crippen molar-refractivity contribution in [1.82, 2.24) is 19.9 Å². The molecule has 7 heteroatoms. The normalized spacial score (nSPS) is 15.5. The zero-order valence-electron chi connectivity index (χ0n) is 14.8. The molecule has 1 aliphatic heterocycles. The van der Waals surface area contributed by atoms with E-state index in [1.165, 1.54) is 6.07 Å². The van der Waals surface area contributed by atoms with Gasteiger partial charge in [-0.2, -0.15) is 0 Å². The van der Waals surface area contributed by atoms with Crippen LogP contribution in [-0.4, -0.2) is 20.4 Å². The van der Waals surface area contributed by atoms with Crippen LogP contribution in [0.15, 0.2) is 70.1 Å². The molecule has 7 nitrogen and oxygen atoms in total. The summed E-state index contributed by atoms with van der Waals surface area (Å²) in [6, 6.07) is 13.9. The fraction of sp³-hybridized carbons (Fsp3) is 0.143. The third-order valence-corrected chi connectivity index (χ3v) is 4.92. The van der Waals surface area contributed by atoms with Gasteiger partial charge in [0, 0.05) is 36.0 Å². The van der Waals surface area contributed by atoms with E-state index in [1.54, 1.807) is 35.2 Å². The van der Waals surface area contributed by atoms with E-state index in [4.69, 9.17) is 4.42 Å². The smallest absolute Gasteiger partial charge is 0.287 e. The zero-order chi connectivity index (χ0) is 19.1. The summed E-state index contributed by atoms with van der Waals surface area (Å²) in [5, 5.41) is 3.82. The molecule has 0 aliphatic carbocycles. The number of aromatic nitrogens is 3. The van der Waals surface area contributed by atoms with Crippen LogP contribution in [0, 0.1) is 0 Å². The molecule has 0 saturated carbocycles. The summed E-state index contributed by atoms with van der Waals surface area (Å²) in [7, 11) is 0. The predicted octanol–water partition coefficient (Wildman–Crippen LogP) is 2.93. The van der Waals surface area contributed by atoms with Crippen molar-refractivity contribution in [2.24, 2.45) is 0 Å². The number of fused-ring (bicyclic) bond motifs is 2. The van der Waals surface area contributed by atoms with Crippen LogP contribution in [0.3, 0.4) is 0 Å². The van der Waals surface area contributed by atoms with E-state index in [-0.39, 0.29) is 23.3 Å². The highest BCUT2D eigenvalue weighted by atomic mass is 16.3. The Kier molecular flexibility index (Phi) is 3.79. The molecular weight excluding hydrogens is 356 g/mol. The lowest BCUT2D eigenvalue weighted by molar-refractivity contribution is 0.0910. The molecule has 1 aliphatic rings. The predicted molar refractivity (Wildman–Crippen MR) is 103 cm³/mol. The molecule has 0 bridgehead atoms. The second kappa shape index (κ2) is 6.45. The molecule has 5 rings (SSSR count). The second-order valence-electron chi connectivity index (χ2n) is 6.69. The largest absolute Gasteiger partial charge is 0.451 e. The van der Waals surface area contributed by atoms with Crippen LogP contribution < -0.4 is 10.9 Å². The maximum absolute atomic E-state index is 12.7. The lowest BCUT2D eigenvalue weighted by Crippen LogP contribution is -2.29. The van der Waals surface area contributed by atoms with Gasteiger partial charge < -0.3 is 9.73 Å². The first-order valence-corrected chi connectivity index (χ1v) is 9.01. The average Bonchev–Trinajstić information content (AvgIpc) is 3.33. The molecule has 1 atom stereocenters. The Morgan fingerprint density at radius 3 is 2.79 bits per heavy atom.